The lowest BCUT2D eigenvalue weighted by Crippen LogP contribution is -2.36. The van der Waals surface area contributed by atoms with Crippen LogP contribution < -0.4 is 0 Å². The molecule has 9 nitrogen and oxygen atoms in total. The van der Waals surface area contributed by atoms with E-state index in [1.165, 1.54) is 18.5 Å². The maximum absolute atomic E-state index is 11.3. The third-order valence-electron chi connectivity index (χ3n) is 6.03. The molecular weight excluding hydrogens is 450 g/mol. The van der Waals surface area contributed by atoms with Crippen molar-refractivity contribution < 1.29 is 24.2 Å². The summed E-state index contributed by atoms with van der Waals surface area (Å²) in [5.41, 5.74) is 2.99. The summed E-state index contributed by atoms with van der Waals surface area (Å²) >= 11 is 0. The molecule has 0 saturated carbocycles. The van der Waals surface area contributed by atoms with Crippen LogP contribution in [0, 0.1) is 10.1 Å². The number of nitro groups is 1. The molecule has 1 aliphatic rings. The van der Waals surface area contributed by atoms with E-state index in [1.54, 1.807) is 10.6 Å². The second-order valence-corrected chi connectivity index (χ2v) is 8.40. The van der Waals surface area contributed by atoms with Crippen molar-refractivity contribution in [3.05, 3.63) is 106 Å². The Morgan fingerprint density at radius 1 is 1.00 bits per heavy atom. The molecular formula is C26H25N3O6. The Kier molecular flexibility index (Phi) is 6.82. The number of ether oxygens (including phenoxy) is 3. The highest BCUT2D eigenvalue weighted by atomic mass is 16.6. The number of fused-ring (bicyclic) bond motifs is 1. The highest BCUT2D eigenvalue weighted by Crippen LogP contribution is 2.35. The SMILES string of the molecule is O=[N+]([O-])c1ccc2ncn([C@@H]3O[C@H](COCc4ccccc4)[C@H](OCc4ccccc4)[C@H]3O)c2c1. The average Bonchev–Trinajstić information content (AvgIpc) is 3.44. The molecule has 1 fully saturated rings. The largest absolute Gasteiger partial charge is 0.386 e. The molecule has 0 bridgehead atoms. The Hall–Kier alpha value is -3.63. The summed E-state index contributed by atoms with van der Waals surface area (Å²) in [5, 5.41) is 22.5. The Morgan fingerprint density at radius 3 is 2.37 bits per heavy atom. The van der Waals surface area contributed by atoms with Crippen LogP contribution in [0.4, 0.5) is 5.69 Å². The van der Waals surface area contributed by atoms with Crippen molar-refractivity contribution in [2.45, 2.75) is 37.8 Å². The van der Waals surface area contributed by atoms with Gasteiger partial charge in [-0.1, -0.05) is 60.7 Å². The molecule has 0 unspecified atom stereocenters. The van der Waals surface area contributed by atoms with E-state index in [0.717, 1.165) is 11.1 Å². The van der Waals surface area contributed by atoms with Crippen molar-refractivity contribution in [1.82, 2.24) is 9.55 Å². The predicted octanol–water partition coefficient (Wildman–Crippen LogP) is 4.01. The standard InChI is InChI=1S/C26H25N3O6/c30-24-25(34-15-19-9-5-2-6-10-19)23(16-33-14-18-7-3-1-4-8-18)35-26(24)28-17-27-21-12-11-20(29(31)32)13-22(21)28/h1-13,17,23-26,30H,14-16H2/t23-,24-,25+,26-/m1/s1. The molecule has 0 radical (unpaired) electrons. The second-order valence-electron chi connectivity index (χ2n) is 8.40. The van der Waals surface area contributed by atoms with Gasteiger partial charge in [0.1, 0.15) is 18.3 Å². The van der Waals surface area contributed by atoms with E-state index in [1.807, 2.05) is 60.7 Å². The Morgan fingerprint density at radius 2 is 1.69 bits per heavy atom. The quantitative estimate of drug-likeness (QED) is 0.288. The summed E-state index contributed by atoms with van der Waals surface area (Å²) in [6.45, 7) is 0.895. The van der Waals surface area contributed by atoms with Gasteiger partial charge in [-0.15, -0.1) is 0 Å². The number of hydrogen-bond donors (Lipinski definition) is 1. The lowest BCUT2D eigenvalue weighted by atomic mass is 10.1. The molecule has 0 amide bonds. The molecule has 4 atom stereocenters. The van der Waals surface area contributed by atoms with E-state index in [4.69, 9.17) is 14.2 Å². The number of non-ortho nitro benzene ring substituents is 1. The van der Waals surface area contributed by atoms with Crippen LogP contribution in [-0.4, -0.2) is 44.5 Å². The van der Waals surface area contributed by atoms with Crippen LogP contribution in [0.5, 0.6) is 0 Å². The predicted molar refractivity (Wildman–Crippen MR) is 127 cm³/mol. The minimum atomic E-state index is -1.04. The zero-order chi connectivity index (χ0) is 24.2. The number of rotatable bonds is 9. The number of nitro benzene ring substituents is 1. The van der Waals surface area contributed by atoms with Crippen LogP contribution >= 0.6 is 0 Å². The van der Waals surface area contributed by atoms with Crippen LogP contribution in [0.25, 0.3) is 11.0 Å². The molecule has 5 rings (SSSR count). The van der Waals surface area contributed by atoms with Crippen molar-refractivity contribution in [2.75, 3.05) is 6.61 Å². The van der Waals surface area contributed by atoms with Gasteiger partial charge >= 0.3 is 0 Å². The lowest BCUT2D eigenvalue weighted by molar-refractivity contribution is -0.384. The van der Waals surface area contributed by atoms with Gasteiger partial charge in [-0.2, -0.15) is 0 Å². The molecule has 1 aliphatic heterocycles. The van der Waals surface area contributed by atoms with Crippen LogP contribution in [0.3, 0.4) is 0 Å². The number of hydrogen-bond acceptors (Lipinski definition) is 7. The van der Waals surface area contributed by atoms with E-state index in [0.29, 0.717) is 24.2 Å². The van der Waals surface area contributed by atoms with Gasteiger partial charge in [0.25, 0.3) is 5.69 Å². The Bertz CT molecular complexity index is 1280. The van der Waals surface area contributed by atoms with Gasteiger partial charge in [0.15, 0.2) is 6.23 Å². The number of benzene rings is 3. The number of aliphatic hydroxyl groups excluding tert-OH is 1. The minimum Gasteiger partial charge on any atom is -0.386 e. The van der Waals surface area contributed by atoms with Gasteiger partial charge in [0, 0.05) is 12.1 Å². The zero-order valence-corrected chi connectivity index (χ0v) is 18.8. The fourth-order valence-electron chi connectivity index (χ4n) is 4.25. The fourth-order valence-corrected chi connectivity index (χ4v) is 4.25. The van der Waals surface area contributed by atoms with Gasteiger partial charge < -0.3 is 23.9 Å². The maximum Gasteiger partial charge on any atom is 0.271 e. The van der Waals surface area contributed by atoms with Gasteiger partial charge in [-0.3, -0.25) is 10.1 Å². The third-order valence-corrected chi connectivity index (χ3v) is 6.03. The summed E-state index contributed by atoms with van der Waals surface area (Å²) in [6.07, 6.45) is -1.59. The van der Waals surface area contributed by atoms with Crippen LogP contribution in [0.2, 0.25) is 0 Å². The molecule has 1 aromatic heterocycles. The van der Waals surface area contributed by atoms with E-state index in [2.05, 4.69) is 4.98 Å². The van der Waals surface area contributed by atoms with E-state index in [-0.39, 0.29) is 12.3 Å². The number of imidazole rings is 1. The topological polar surface area (TPSA) is 109 Å². The van der Waals surface area contributed by atoms with Crippen molar-refractivity contribution in [1.29, 1.82) is 0 Å². The van der Waals surface area contributed by atoms with Crippen molar-refractivity contribution in [3.8, 4) is 0 Å². The normalized spacial score (nSPS) is 22.0. The minimum absolute atomic E-state index is 0.0636. The molecule has 4 aromatic rings. The average molecular weight is 476 g/mol. The third kappa shape index (κ3) is 5.08. The summed E-state index contributed by atoms with van der Waals surface area (Å²) < 4.78 is 19.9. The van der Waals surface area contributed by atoms with E-state index >= 15 is 0 Å². The molecule has 2 heterocycles. The van der Waals surface area contributed by atoms with Crippen LogP contribution in [-0.2, 0) is 27.4 Å². The molecule has 1 N–H and O–H groups in total. The highest BCUT2D eigenvalue weighted by molar-refractivity contribution is 5.78. The van der Waals surface area contributed by atoms with Crippen LogP contribution in [0.1, 0.15) is 17.4 Å². The molecule has 35 heavy (non-hydrogen) atoms. The zero-order valence-electron chi connectivity index (χ0n) is 18.8. The molecule has 180 valence electrons. The first-order chi connectivity index (χ1) is 17.1. The molecule has 1 saturated heterocycles. The molecule has 9 heteroatoms. The van der Waals surface area contributed by atoms with Crippen molar-refractivity contribution in [3.63, 3.8) is 0 Å². The van der Waals surface area contributed by atoms with Crippen molar-refractivity contribution >= 4 is 16.7 Å². The first kappa shape index (κ1) is 23.1. The number of aromatic nitrogens is 2. The number of aliphatic hydroxyl groups is 1. The first-order valence-electron chi connectivity index (χ1n) is 11.3. The second kappa shape index (κ2) is 10.3. The smallest absolute Gasteiger partial charge is 0.271 e. The summed E-state index contributed by atoms with van der Waals surface area (Å²) in [5.74, 6) is 0. The summed E-state index contributed by atoms with van der Waals surface area (Å²) in [6, 6.07) is 23.9. The molecule has 0 spiro atoms. The van der Waals surface area contributed by atoms with Crippen LogP contribution in [0.15, 0.2) is 85.2 Å². The van der Waals surface area contributed by atoms with Gasteiger partial charge in [0.2, 0.25) is 0 Å². The fraction of sp³-hybridized carbons (Fsp3) is 0.269. The first-order valence-corrected chi connectivity index (χ1v) is 11.3. The monoisotopic (exact) mass is 475 g/mol. The highest BCUT2D eigenvalue weighted by Gasteiger charge is 2.46. The Balaban J connectivity index is 1.37. The van der Waals surface area contributed by atoms with Gasteiger partial charge in [0.05, 0.1) is 42.1 Å². The molecule has 0 aliphatic carbocycles. The van der Waals surface area contributed by atoms with Gasteiger partial charge in [-0.05, 0) is 17.2 Å². The molecule has 3 aromatic carbocycles. The number of nitrogens with zero attached hydrogens (tertiary/aromatic N) is 3. The van der Waals surface area contributed by atoms with E-state index < -0.39 is 29.5 Å². The Labute approximate surface area is 201 Å². The van der Waals surface area contributed by atoms with Crippen molar-refractivity contribution in [2.24, 2.45) is 0 Å². The van der Waals surface area contributed by atoms with Gasteiger partial charge in [-0.25, -0.2) is 4.98 Å². The summed E-state index contributed by atoms with van der Waals surface area (Å²) in [4.78, 5) is 15.1. The maximum atomic E-state index is 11.3. The summed E-state index contributed by atoms with van der Waals surface area (Å²) in [7, 11) is 0. The van der Waals surface area contributed by atoms with E-state index in [9.17, 15) is 15.2 Å². The lowest BCUT2D eigenvalue weighted by Gasteiger charge is -2.21.